The van der Waals surface area contributed by atoms with Gasteiger partial charge in [0.05, 0.1) is 24.2 Å². The molecule has 1 amide bonds. The summed E-state index contributed by atoms with van der Waals surface area (Å²) in [6, 6.07) is 5.77. The molecule has 1 atom stereocenters. The maximum absolute atomic E-state index is 12.5. The predicted octanol–water partition coefficient (Wildman–Crippen LogP) is 4.11. The van der Waals surface area contributed by atoms with Gasteiger partial charge in [-0.3, -0.25) is 9.78 Å². The van der Waals surface area contributed by atoms with Crippen LogP contribution in [0.5, 0.6) is 5.88 Å². The number of fused-ring (bicyclic) bond motifs is 1. The van der Waals surface area contributed by atoms with Crippen LogP contribution < -0.4 is 25.2 Å². The van der Waals surface area contributed by atoms with E-state index in [1.807, 2.05) is 38.1 Å². The average Bonchev–Trinajstić information content (AvgIpc) is 3.53. The molecule has 0 unspecified atom stereocenters. The van der Waals surface area contributed by atoms with Gasteiger partial charge in [-0.15, -0.1) is 0 Å². The molecule has 0 bridgehead atoms. The summed E-state index contributed by atoms with van der Waals surface area (Å²) in [5.74, 6) is -0.290. The molecule has 0 radical (unpaired) electrons. The van der Waals surface area contributed by atoms with Crippen LogP contribution >= 0.6 is 0 Å². The lowest BCUT2D eigenvalue weighted by molar-refractivity contribution is -0.111. The zero-order chi connectivity index (χ0) is 31.8. The summed E-state index contributed by atoms with van der Waals surface area (Å²) in [4.78, 5) is 49.5. The Morgan fingerprint density at radius 1 is 1.20 bits per heavy atom. The number of hydrogen-bond acceptors (Lipinski definition) is 11. The topological polar surface area (TPSA) is 149 Å². The fourth-order valence-electron chi connectivity index (χ4n) is 5.87. The SMILES string of the molecule is C=CC(=O)Nc1cc(Nc2ncc(C(=O)O)c(N3CC(C)(C)c4nc(C)ccc43)n2)c(OC)nc1N1CCC[C@H]1CN(C)C. The van der Waals surface area contributed by atoms with E-state index in [4.69, 9.17) is 14.7 Å². The highest BCUT2D eigenvalue weighted by molar-refractivity contribution is 6.01. The van der Waals surface area contributed by atoms with Crippen molar-refractivity contribution in [3.8, 4) is 5.88 Å². The maximum atomic E-state index is 12.5. The van der Waals surface area contributed by atoms with Crippen molar-refractivity contribution >= 4 is 46.5 Å². The smallest absolute Gasteiger partial charge is 0.341 e. The summed E-state index contributed by atoms with van der Waals surface area (Å²) in [6.07, 6.45) is 4.48. The average molecular weight is 602 g/mol. The maximum Gasteiger partial charge on any atom is 0.341 e. The molecule has 0 saturated carbocycles. The van der Waals surface area contributed by atoms with Crippen molar-refractivity contribution in [2.24, 2.45) is 0 Å². The van der Waals surface area contributed by atoms with Crippen molar-refractivity contribution in [1.29, 1.82) is 0 Å². The van der Waals surface area contributed by atoms with E-state index in [0.717, 1.165) is 43.0 Å². The van der Waals surface area contributed by atoms with E-state index in [0.29, 0.717) is 23.7 Å². The number of aryl methyl sites for hydroxylation is 1. The number of carboxylic acids is 1. The zero-order valence-electron chi connectivity index (χ0n) is 26.0. The predicted molar refractivity (Wildman–Crippen MR) is 170 cm³/mol. The zero-order valence-corrected chi connectivity index (χ0v) is 26.0. The van der Waals surface area contributed by atoms with Crippen LogP contribution in [0, 0.1) is 6.92 Å². The molecule has 3 aromatic rings. The van der Waals surface area contributed by atoms with Gasteiger partial charge in [0.15, 0.2) is 11.6 Å². The van der Waals surface area contributed by atoms with Gasteiger partial charge in [0, 0.05) is 43.0 Å². The molecule has 0 aliphatic carbocycles. The van der Waals surface area contributed by atoms with E-state index < -0.39 is 5.97 Å². The molecule has 232 valence electrons. The van der Waals surface area contributed by atoms with Crippen LogP contribution in [0.2, 0.25) is 0 Å². The van der Waals surface area contributed by atoms with Gasteiger partial charge >= 0.3 is 5.97 Å². The fraction of sp³-hybridized carbons (Fsp3) is 0.419. The van der Waals surface area contributed by atoms with Gasteiger partial charge in [-0.2, -0.15) is 9.97 Å². The Bertz CT molecular complexity index is 1610. The minimum Gasteiger partial charge on any atom is -0.479 e. The van der Waals surface area contributed by atoms with Crippen LogP contribution in [0.15, 0.2) is 37.1 Å². The van der Waals surface area contributed by atoms with Crippen LogP contribution in [0.25, 0.3) is 0 Å². The Hall–Kier alpha value is -4.78. The Morgan fingerprint density at radius 2 is 1.98 bits per heavy atom. The quantitative estimate of drug-likeness (QED) is 0.287. The number of nitrogens with one attached hydrogen (secondary N) is 2. The molecule has 0 aromatic carbocycles. The molecule has 44 heavy (non-hydrogen) atoms. The van der Waals surface area contributed by atoms with Gasteiger partial charge in [0.1, 0.15) is 11.3 Å². The van der Waals surface area contributed by atoms with Crippen LogP contribution in [0.4, 0.5) is 34.6 Å². The molecular weight excluding hydrogens is 562 g/mol. The van der Waals surface area contributed by atoms with Gasteiger partial charge in [0.2, 0.25) is 17.7 Å². The molecule has 2 aliphatic heterocycles. The highest BCUT2D eigenvalue weighted by Crippen LogP contribution is 2.44. The van der Waals surface area contributed by atoms with Crippen molar-refractivity contribution in [2.75, 3.05) is 61.3 Å². The minimum absolute atomic E-state index is 0.0416. The first-order chi connectivity index (χ1) is 20.9. The van der Waals surface area contributed by atoms with E-state index in [1.165, 1.54) is 19.4 Å². The van der Waals surface area contributed by atoms with Gasteiger partial charge in [0.25, 0.3) is 0 Å². The third-order valence-electron chi connectivity index (χ3n) is 7.83. The van der Waals surface area contributed by atoms with Crippen molar-refractivity contribution in [1.82, 2.24) is 24.8 Å². The number of ether oxygens (including phenoxy) is 1. The largest absolute Gasteiger partial charge is 0.479 e. The van der Waals surface area contributed by atoms with E-state index in [-0.39, 0.29) is 40.6 Å². The first kappa shape index (κ1) is 30.7. The fourth-order valence-corrected chi connectivity index (χ4v) is 5.87. The van der Waals surface area contributed by atoms with Crippen molar-refractivity contribution in [3.05, 3.63) is 54.0 Å². The van der Waals surface area contributed by atoms with Crippen molar-refractivity contribution in [3.63, 3.8) is 0 Å². The molecule has 3 aromatic heterocycles. The van der Waals surface area contributed by atoms with Crippen LogP contribution in [0.3, 0.4) is 0 Å². The molecule has 0 spiro atoms. The lowest BCUT2D eigenvalue weighted by Gasteiger charge is -2.30. The van der Waals surface area contributed by atoms with E-state index in [2.05, 4.69) is 50.8 Å². The highest BCUT2D eigenvalue weighted by Gasteiger charge is 2.39. The van der Waals surface area contributed by atoms with Crippen molar-refractivity contribution < 1.29 is 19.4 Å². The summed E-state index contributed by atoms with van der Waals surface area (Å²) in [5, 5.41) is 16.1. The number of likely N-dealkylation sites (N-methyl/N-ethyl adjacent to an activating group) is 1. The van der Waals surface area contributed by atoms with Gasteiger partial charge in [-0.1, -0.05) is 20.4 Å². The number of methoxy groups -OCH3 is 1. The first-order valence-corrected chi connectivity index (χ1v) is 14.5. The molecular formula is C31H39N9O4. The number of aromatic carboxylic acids is 1. The monoisotopic (exact) mass is 601 g/mol. The summed E-state index contributed by atoms with van der Waals surface area (Å²) < 4.78 is 5.69. The molecule has 5 heterocycles. The summed E-state index contributed by atoms with van der Waals surface area (Å²) >= 11 is 0. The number of nitrogens with zero attached hydrogens (tertiary/aromatic N) is 7. The minimum atomic E-state index is -1.14. The lowest BCUT2D eigenvalue weighted by Crippen LogP contribution is -2.38. The first-order valence-electron chi connectivity index (χ1n) is 14.5. The van der Waals surface area contributed by atoms with Crippen LogP contribution in [-0.2, 0) is 10.2 Å². The molecule has 3 N–H and O–H groups in total. The highest BCUT2D eigenvalue weighted by atomic mass is 16.5. The number of pyridine rings is 2. The summed E-state index contributed by atoms with van der Waals surface area (Å²) in [5.41, 5.74) is 3.04. The van der Waals surface area contributed by atoms with Crippen LogP contribution in [0.1, 0.15) is 48.4 Å². The third-order valence-corrected chi connectivity index (χ3v) is 7.83. The van der Waals surface area contributed by atoms with Gasteiger partial charge < -0.3 is 35.2 Å². The standard InChI is InChI=1S/C31H39N9O4/c1-8-24(41)34-21-14-22(28(44-7)36-27(21)39-13-9-10-19(39)16-38(5)6)35-30-32-15-20(29(42)43)26(37-30)40-17-31(3,4)25-23(40)12-11-18(2)33-25/h8,11-12,14-15,19H,1,9-10,13,16-17H2,2-7H3,(H,34,41)(H,42,43)(H,32,35,37)/t19-/m0/s1. The van der Waals surface area contributed by atoms with E-state index >= 15 is 0 Å². The van der Waals surface area contributed by atoms with Crippen LogP contribution in [-0.4, -0.2) is 88.7 Å². The second-order valence-electron chi connectivity index (χ2n) is 12.0. The molecule has 13 heteroatoms. The molecule has 1 fully saturated rings. The number of carboxylic acid groups (broad SMARTS) is 1. The number of aromatic nitrogens is 4. The summed E-state index contributed by atoms with van der Waals surface area (Å²) in [6.45, 7) is 11.8. The lowest BCUT2D eigenvalue weighted by atomic mass is 9.91. The molecule has 5 rings (SSSR count). The Balaban J connectivity index is 1.56. The van der Waals surface area contributed by atoms with Gasteiger partial charge in [-0.05, 0) is 58.1 Å². The molecule has 2 aliphatic rings. The van der Waals surface area contributed by atoms with E-state index in [1.54, 1.807) is 6.07 Å². The third kappa shape index (κ3) is 6.00. The number of carbonyl (C=O) groups excluding carboxylic acids is 1. The Kier molecular flexibility index (Phi) is 8.42. The Labute approximate surface area is 257 Å². The molecule has 1 saturated heterocycles. The second-order valence-corrected chi connectivity index (χ2v) is 12.0. The second kappa shape index (κ2) is 12.1. The number of rotatable bonds is 10. The summed E-state index contributed by atoms with van der Waals surface area (Å²) in [7, 11) is 5.57. The van der Waals surface area contributed by atoms with Gasteiger partial charge in [-0.25, -0.2) is 9.78 Å². The number of anilines is 6. The van der Waals surface area contributed by atoms with Crippen molar-refractivity contribution in [2.45, 2.75) is 45.1 Å². The molecule has 13 nitrogen and oxygen atoms in total. The Morgan fingerprint density at radius 3 is 2.66 bits per heavy atom. The normalized spacial score (nSPS) is 17.0. The number of hydrogen-bond donors (Lipinski definition) is 3. The number of amides is 1. The number of carbonyl (C=O) groups is 2. The van der Waals surface area contributed by atoms with E-state index in [9.17, 15) is 14.7 Å².